The lowest BCUT2D eigenvalue weighted by molar-refractivity contribution is -0.122. The molecule has 1 atom stereocenters. The number of rotatable bonds is 7. The van der Waals surface area contributed by atoms with Crippen LogP contribution in [0.15, 0.2) is 23.1 Å². The van der Waals surface area contributed by atoms with Crippen LogP contribution in [0.3, 0.4) is 0 Å². The van der Waals surface area contributed by atoms with Gasteiger partial charge in [0, 0.05) is 36.7 Å². The molecule has 1 heterocycles. The van der Waals surface area contributed by atoms with Crippen LogP contribution in [0.5, 0.6) is 0 Å². The Labute approximate surface area is 185 Å². The maximum atomic E-state index is 12.7. The molecule has 0 spiro atoms. The van der Waals surface area contributed by atoms with Crippen LogP contribution in [0.1, 0.15) is 70.3 Å². The third-order valence-electron chi connectivity index (χ3n) is 6.61. The average Bonchev–Trinajstić information content (AvgIpc) is 3.53. The molecule has 170 valence electrons. The molecule has 4 rings (SSSR count). The van der Waals surface area contributed by atoms with Gasteiger partial charge in [-0.15, -0.1) is 0 Å². The number of fused-ring (bicyclic) bond motifs is 1. The van der Waals surface area contributed by atoms with Crippen molar-refractivity contribution >= 4 is 27.5 Å². The summed E-state index contributed by atoms with van der Waals surface area (Å²) in [6.07, 6.45) is 9.40. The van der Waals surface area contributed by atoms with Gasteiger partial charge in [0.05, 0.1) is 4.90 Å². The smallest absolute Gasteiger partial charge is 0.240 e. The summed E-state index contributed by atoms with van der Waals surface area (Å²) in [5, 5.41) is 3.04. The fourth-order valence-corrected chi connectivity index (χ4v) is 5.83. The largest absolute Gasteiger partial charge is 0.353 e. The molecule has 3 aliphatic rings. The van der Waals surface area contributed by atoms with Crippen molar-refractivity contribution in [3.05, 3.63) is 23.8 Å². The Bertz CT molecular complexity index is 934. The molecule has 2 fully saturated rings. The summed E-state index contributed by atoms with van der Waals surface area (Å²) >= 11 is 0. The molecule has 2 N–H and O–H groups in total. The van der Waals surface area contributed by atoms with E-state index in [4.69, 9.17) is 0 Å². The number of sulfonamides is 1. The molecule has 31 heavy (non-hydrogen) atoms. The Morgan fingerprint density at radius 2 is 1.77 bits per heavy atom. The van der Waals surface area contributed by atoms with Crippen molar-refractivity contribution in [1.29, 1.82) is 0 Å². The van der Waals surface area contributed by atoms with Gasteiger partial charge in [-0.1, -0.05) is 25.7 Å². The molecule has 8 heteroatoms. The van der Waals surface area contributed by atoms with E-state index in [-0.39, 0.29) is 47.7 Å². The normalized spacial score (nSPS) is 22.1. The molecule has 1 aromatic rings. The zero-order valence-corrected chi connectivity index (χ0v) is 19.0. The summed E-state index contributed by atoms with van der Waals surface area (Å²) < 4.78 is 28.0. The highest BCUT2D eigenvalue weighted by molar-refractivity contribution is 7.89. The van der Waals surface area contributed by atoms with E-state index in [0.29, 0.717) is 6.42 Å². The molecule has 1 aromatic carbocycles. The molecule has 0 saturated heterocycles. The van der Waals surface area contributed by atoms with Gasteiger partial charge < -0.3 is 10.2 Å². The molecular formula is C23H33N3O4S. The first-order chi connectivity index (χ1) is 14.8. The van der Waals surface area contributed by atoms with Gasteiger partial charge in [-0.3, -0.25) is 9.59 Å². The predicted molar refractivity (Wildman–Crippen MR) is 119 cm³/mol. The van der Waals surface area contributed by atoms with Crippen molar-refractivity contribution in [2.45, 2.75) is 88.1 Å². The summed E-state index contributed by atoms with van der Waals surface area (Å²) in [5.41, 5.74) is 1.71. The highest BCUT2D eigenvalue weighted by Crippen LogP contribution is 2.39. The summed E-state index contributed by atoms with van der Waals surface area (Å²) in [6, 6.07) is 5.22. The van der Waals surface area contributed by atoms with Crippen LogP contribution >= 0.6 is 0 Å². The topological polar surface area (TPSA) is 95.6 Å². The minimum Gasteiger partial charge on any atom is -0.353 e. The molecular weight excluding hydrogens is 414 g/mol. The predicted octanol–water partition coefficient (Wildman–Crippen LogP) is 2.88. The van der Waals surface area contributed by atoms with E-state index < -0.39 is 10.0 Å². The second-order valence-electron chi connectivity index (χ2n) is 9.23. The molecule has 2 aliphatic carbocycles. The fraction of sp³-hybridized carbons (Fsp3) is 0.652. The summed E-state index contributed by atoms with van der Waals surface area (Å²) in [4.78, 5) is 26.8. The molecule has 1 aliphatic heterocycles. The number of benzene rings is 1. The molecule has 0 aromatic heterocycles. The summed E-state index contributed by atoms with van der Waals surface area (Å²) in [5.74, 6) is 0.175. The number of amides is 2. The monoisotopic (exact) mass is 447 g/mol. The minimum absolute atomic E-state index is 0.0432. The van der Waals surface area contributed by atoms with Gasteiger partial charge in [-0.2, -0.15) is 0 Å². The summed E-state index contributed by atoms with van der Waals surface area (Å²) in [7, 11) is -3.71. The zero-order valence-electron chi connectivity index (χ0n) is 18.2. The van der Waals surface area contributed by atoms with Crippen LogP contribution in [-0.2, 0) is 26.0 Å². The van der Waals surface area contributed by atoms with E-state index in [0.717, 1.165) is 49.8 Å². The first-order valence-electron chi connectivity index (χ1n) is 11.6. The Balaban J connectivity index is 1.33. The van der Waals surface area contributed by atoms with Crippen LogP contribution in [-0.4, -0.2) is 38.9 Å². The zero-order chi connectivity index (χ0) is 22.0. The molecule has 7 nitrogen and oxygen atoms in total. The maximum Gasteiger partial charge on any atom is 0.240 e. The van der Waals surface area contributed by atoms with E-state index >= 15 is 0 Å². The van der Waals surface area contributed by atoms with E-state index in [9.17, 15) is 18.0 Å². The van der Waals surface area contributed by atoms with Crippen LogP contribution in [0.2, 0.25) is 0 Å². The molecule has 0 radical (unpaired) electrons. The minimum atomic E-state index is -3.71. The van der Waals surface area contributed by atoms with Crippen LogP contribution in [0.4, 0.5) is 5.69 Å². The number of carbonyl (C=O) groups is 2. The molecule has 2 saturated carbocycles. The van der Waals surface area contributed by atoms with E-state index in [1.54, 1.807) is 18.2 Å². The van der Waals surface area contributed by atoms with Crippen LogP contribution < -0.4 is 14.9 Å². The number of anilines is 1. The number of carbonyl (C=O) groups excluding carboxylic acids is 2. The van der Waals surface area contributed by atoms with Crippen molar-refractivity contribution in [3.63, 3.8) is 0 Å². The van der Waals surface area contributed by atoms with E-state index in [2.05, 4.69) is 10.0 Å². The number of hydrogen-bond donors (Lipinski definition) is 2. The lowest BCUT2D eigenvalue weighted by Gasteiger charge is -2.22. The van der Waals surface area contributed by atoms with Crippen molar-refractivity contribution in [2.24, 2.45) is 5.92 Å². The lowest BCUT2D eigenvalue weighted by atomic mass is 10.1. The van der Waals surface area contributed by atoms with Gasteiger partial charge in [-0.05, 0) is 62.8 Å². The Morgan fingerprint density at radius 3 is 2.45 bits per heavy atom. The lowest BCUT2D eigenvalue weighted by Crippen LogP contribution is -2.37. The molecule has 2 amide bonds. The standard InChI is InChI=1S/C23H33N3O4S/c1-16-14-18-15-20(10-11-21(18)26(16)23(28)17-8-9-17)31(29,30)24-13-12-22(27)25-19-6-4-2-3-5-7-19/h10-11,15-17,19,24H,2-9,12-14H2,1H3,(H,25,27). The molecule has 1 unspecified atom stereocenters. The average molecular weight is 448 g/mol. The van der Waals surface area contributed by atoms with Gasteiger partial charge in [0.15, 0.2) is 0 Å². The second kappa shape index (κ2) is 9.28. The SMILES string of the molecule is CC1Cc2cc(S(=O)(=O)NCCC(=O)NC3CCCCCC3)ccc2N1C(=O)C1CC1. The number of nitrogens with one attached hydrogen (secondary N) is 2. The van der Waals surface area contributed by atoms with Gasteiger partial charge in [0.25, 0.3) is 0 Å². The Morgan fingerprint density at radius 1 is 1.06 bits per heavy atom. The Kier molecular flexibility index (Phi) is 6.67. The highest BCUT2D eigenvalue weighted by Gasteiger charge is 2.39. The highest BCUT2D eigenvalue weighted by atomic mass is 32.2. The van der Waals surface area contributed by atoms with Gasteiger partial charge in [-0.25, -0.2) is 13.1 Å². The van der Waals surface area contributed by atoms with Crippen LogP contribution in [0, 0.1) is 5.92 Å². The number of nitrogens with zero attached hydrogens (tertiary/aromatic N) is 1. The third kappa shape index (κ3) is 5.29. The Hall–Kier alpha value is -1.93. The van der Waals surface area contributed by atoms with Crippen molar-refractivity contribution in [1.82, 2.24) is 10.0 Å². The van der Waals surface area contributed by atoms with Gasteiger partial charge in [0.1, 0.15) is 0 Å². The van der Waals surface area contributed by atoms with Crippen molar-refractivity contribution in [2.75, 3.05) is 11.4 Å². The number of hydrogen-bond acceptors (Lipinski definition) is 4. The fourth-order valence-electron chi connectivity index (χ4n) is 4.74. The first-order valence-corrected chi connectivity index (χ1v) is 13.1. The van der Waals surface area contributed by atoms with Crippen molar-refractivity contribution in [3.8, 4) is 0 Å². The summed E-state index contributed by atoms with van der Waals surface area (Å²) in [6.45, 7) is 2.07. The van der Waals surface area contributed by atoms with E-state index in [1.807, 2.05) is 11.8 Å². The van der Waals surface area contributed by atoms with E-state index in [1.165, 1.54) is 12.8 Å². The van der Waals surface area contributed by atoms with Crippen LogP contribution in [0.25, 0.3) is 0 Å². The molecule has 0 bridgehead atoms. The van der Waals surface area contributed by atoms with Gasteiger partial charge >= 0.3 is 0 Å². The van der Waals surface area contributed by atoms with Crippen molar-refractivity contribution < 1.29 is 18.0 Å². The first kappa shape index (κ1) is 22.3. The van der Waals surface area contributed by atoms with Gasteiger partial charge in [0.2, 0.25) is 21.8 Å². The third-order valence-corrected chi connectivity index (χ3v) is 8.06. The quantitative estimate of drug-likeness (QED) is 0.628. The second-order valence-corrected chi connectivity index (χ2v) is 11.0. The maximum absolute atomic E-state index is 12.7.